The second kappa shape index (κ2) is 9.29. The van der Waals surface area contributed by atoms with Gasteiger partial charge in [-0.2, -0.15) is 0 Å². The van der Waals surface area contributed by atoms with Gasteiger partial charge in [0.15, 0.2) is 0 Å². The fraction of sp³-hybridized carbons (Fsp3) is 0.647. The van der Waals surface area contributed by atoms with Gasteiger partial charge in [0.1, 0.15) is 0 Å². The Morgan fingerprint density at radius 3 is 2.14 bits per heavy atom. The van der Waals surface area contributed by atoms with Crippen LogP contribution < -0.4 is 10.6 Å². The molecule has 1 aromatic carbocycles. The van der Waals surface area contributed by atoms with Crippen molar-refractivity contribution >= 4 is 17.3 Å². The first-order valence-electron chi connectivity index (χ1n) is 8.22. The highest BCUT2D eigenvalue weighted by Gasteiger charge is 2.16. The fourth-order valence-electron chi connectivity index (χ4n) is 2.89. The molecule has 21 heavy (non-hydrogen) atoms. The predicted octanol–water partition coefficient (Wildman–Crippen LogP) is 3.37. The lowest BCUT2D eigenvalue weighted by Gasteiger charge is -2.36. The van der Waals surface area contributed by atoms with Crippen molar-refractivity contribution in [3.05, 3.63) is 29.3 Å². The molecule has 0 spiro atoms. The van der Waals surface area contributed by atoms with Crippen molar-refractivity contribution in [3.8, 4) is 0 Å². The molecule has 118 valence electrons. The maximum absolute atomic E-state index is 5.94. The third-order valence-electron chi connectivity index (χ3n) is 4.24. The number of hydrogen-bond donors (Lipinski definition) is 1. The van der Waals surface area contributed by atoms with E-state index in [2.05, 4.69) is 21.9 Å². The lowest BCUT2D eigenvalue weighted by molar-refractivity contribution is 0.252. The molecule has 0 atom stereocenters. The standard InChI is InChI=1S/C17H28ClN3/c18-16-6-8-17(9-7-16)21-14-12-20(13-15-21)11-5-3-1-2-4-10-19/h6-9H,1-5,10-15,19H2. The Balaban J connectivity index is 1.61. The molecule has 1 aromatic rings. The summed E-state index contributed by atoms with van der Waals surface area (Å²) in [6.45, 7) is 6.67. The molecule has 4 heteroatoms. The Bertz CT molecular complexity index is 386. The van der Waals surface area contributed by atoms with Crippen LogP contribution in [0.4, 0.5) is 5.69 Å². The minimum atomic E-state index is 0.812. The summed E-state index contributed by atoms with van der Waals surface area (Å²) < 4.78 is 0. The minimum absolute atomic E-state index is 0.812. The number of hydrogen-bond acceptors (Lipinski definition) is 3. The lowest BCUT2D eigenvalue weighted by Crippen LogP contribution is -2.46. The van der Waals surface area contributed by atoms with Gasteiger partial charge in [0.05, 0.1) is 0 Å². The van der Waals surface area contributed by atoms with Gasteiger partial charge >= 0.3 is 0 Å². The summed E-state index contributed by atoms with van der Waals surface area (Å²) in [5, 5.41) is 0.812. The number of nitrogens with two attached hydrogens (primary N) is 1. The first-order chi connectivity index (χ1) is 10.3. The van der Waals surface area contributed by atoms with Crippen LogP contribution in [-0.4, -0.2) is 44.2 Å². The largest absolute Gasteiger partial charge is 0.369 e. The molecule has 0 radical (unpaired) electrons. The molecule has 3 nitrogen and oxygen atoms in total. The van der Waals surface area contributed by atoms with Crippen LogP contribution in [0.3, 0.4) is 0 Å². The van der Waals surface area contributed by atoms with Crippen LogP contribution in [0.1, 0.15) is 32.1 Å². The normalized spacial score (nSPS) is 16.4. The molecule has 1 aliphatic heterocycles. The van der Waals surface area contributed by atoms with E-state index in [1.54, 1.807) is 0 Å². The molecular weight excluding hydrogens is 282 g/mol. The molecule has 2 N–H and O–H groups in total. The predicted molar refractivity (Wildman–Crippen MR) is 92.2 cm³/mol. The van der Waals surface area contributed by atoms with E-state index in [0.717, 1.165) is 24.7 Å². The van der Waals surface area contributed by atoms with E-state index in [-0.39, 0.29) is 0 Å². The molecule has 0 saturated carbocycles. The van der Waals surface area contributed by atoms with Crippen LogP contribution in [0.5, 0.6) is 0 Å². The van der Waals surface area contributed by atoms with E-state index >= 15 is 0 Å². The Morgan fingerprint density at radius 1 is 0.857 bits per heavy atom. The van der Waals surface area contributed by atoms with Crippen molar-refractivity contribution in [2.24, 2.45) is 5.73 Å². The zero-order chi connectivity index (χ0) is 14.9. The van der Waals surface area contributed by atoms with Crippen molar-refractivity contribution in [1.82, 2.24) is 4.90 Å². The van der Waals surface area contributed by atoms with Crippen molar-refractivity contribution in [2.45, 2.75) is 32.1 Å². The van der Waals surface area contributed by atoms with Gasteiger partial charge < -0.3 is 10.6 Å². The van der Waals surface area contributed by atoms with E-state index in [1.807, 2.05) is 12.1 Å². The van der Waals surface area contributed by atoms with Gasteiger partial charge in [0.2, 0.25) is 0 Å². The SMILES string of the molecule is NCCCCCCCN1CCN(c2ccc(Cl)cc2)CC1. The van der Waals surface area contributed by atoms with E-state index in [9.17, 15) is 0 Å². The van der Waals surface area contributed by atoms with Crippen LogP contribution >= 0.6 is 11.6 Å². The van der Waals surface area contributed by atoms with Gasteiger partial charge in [-0.05, 0) is 50.2 Å². The third-order valence-corrected chi connectivity index (χ3v) is 4.49. The molecule has 0 amide bonds. The summed E-state index contributed by atoms with van der Waals surface area (Å²) in [5.74, 6) is 0. The van der Waals surface area contributed by atoms with Gasteiger partial charge in [-0.1, -0.05) is 30.9 Å². The lowest BCUT2D eigenvalue weighted by atomic mass is 10.1. The third kappa shape index (κ3) is 5.85. The second-order valence-electron chi connectivity index (χ2n) is 5.86. The molecule has 1 saturated heterocycles. The molecule has 0 bridgehead atoms. The Morgan fingerprint density at radius 2 is 1.48 bits per heavy atom. The average Bonchev–Trinajstić information content (AvgIpc) is 2.52. The fourth-order valence-corrected chi connectivity index (χ4v) is 3.02. The van der Waals surface area contributed by atoms with Crippen molar-refractivity contribution in [1.29, 1.82) is 0 Å². The Hall–Kier alpha value is -0.770. The summed E-state index contributed by atoms with van der Waals surface area (Å²) in [4.78, 5) is 5.05. The monoisotopic (exact) mass is 309 g/mol. The van der Waals surface area contributed by atoms with Crippen LogP contribution in [0.2, 0.25) is 5.02 Å². The summed E-state index contributed by atoms with van der Waals surface area (Å²) in [6.07, 6.45) is 6.48. The van der Waals surface area contributed by atoms with E-state index < -0.39 is 0 Å². The highest BCUT2D eigenvalue weighted by molar-refractivity contribution is 6.30. The molecular formula is C17H28ClN3. The smallest absolute Gasteiger partial charge is 0.0407 e. The summed E-state index contributed by atoms with van der Waals surface area (Å²) in [6, 6.07) is 8.19. The van der Waals surface area contributed by atoms with E-state index in [1.165, 1.54) is 57.4 Å². The van der Waals surface area contributed by atoms with Gasteiger partial charge in [-0.3, -0.25) is 4.90 Å². The second-order valence-corrected chi connectivity index (χ2v) is 6.30. The van der Waals surface area contributed by atoms with Crippen molar-refractivity contribution in [3.63, 3.8) is 0 Å². The topological polar surface area (TPSA) is 32.5 Å². The van der Waals surface area contributed by atoms with Crippen molar-refractivity contribution in [2.75, 3.05) is 44.2 Å². The highest BCUT2D eigenvalue weighted by Crippen LogP contribution is 2.19. The summed E-state index contributed by atoms with van der Waals surface area (Å²) in [7, 11) is 0. The number of nitrogens with zero attached hydrogens (tertiary/aromatic N) is 2. The number of rotatable bonds is 8. The molecule has 1 heterocycles. The Labute approximate surface area is 134 Å². The quantitative estimate of drug-likeness (QED) is 0.747. The Kier molecular flexibility index (Phi) is 7.34. The zero-order valence-electron chi connectivity index (χ0n) is 12.9. The van der Waals surface area contributed by atoms with Crippen LogP contribution in [0.15, 0.2) is 24.3 Å². The number of benzene rings is 1. The summed E-state index contributed by atoms with van der Waals surface area (Å²) >= 11 is 5.94. The number of unbranched alkanes of at least 4 members (excludes halogenated alkanes) is 4. The molecule has 0 aromatic heterocycles. The van der Waals surface area contributed by atoms with E-state index in [0.29, 0.717) is 0 Å². The molecule has 1 fully saturated rings. The molecule has 0 unspecified atom stereocenters. The average molecular weight is 310 g/mol. The van der Waals surface area contributed by atoms with Gasteiger partial charge in [-0.25, -0.2) is 0 Å². The van der Waals surface area contributed by atoms with Crippen LogP contribution in [-0.2, 0) is 0 Å². The number of anilines is 1. The zero-order valence-corrected chi connectivity index (χ0v) is 13.7. The molecule has 2 rings (SSSR count). The summed E-state index contributed by atoms with van der Waals surface area (Å²) in [5.41, 5.74) is 6.80. The van der Waals surface area contributed by atoms with E-state index in [4.69, 9.17) is 17.3 Å². The van der Waals surface area contributed by atoms with Gasteiger partial charge in [-0.15, -0.1) is 0 Å². The molecule has 1 aliphatic rings. The minimum Gasteiger partial charge on any atom is -0.369 e. The first kappa shape index (κ1) is 16.6. The maximum atomic E-state index is 5.94. The van der Waals surface area contributed by atoms with Crippen molar-refractivity contribution < 1.29 is 0 Å². The van der Waals surface area contributed by atoms with Crippen LogP contribution in [0, 0.1) is 0 Å². The maximum Gasteiger partial charge on any atom is 0.0407 e. The first-order valence-corrected chi connectivity index (χ1v) is 8.60. The molecule has 0 aliphatic carbocycles. The van der Waals surface area contributed by atoms with Gasteiger partial charge in [0, 0.05) is 36.9 Å². The number of halogens is 1. The highest BCUT2D eigenvalue weighted by atomic mass is 35.5. The van der Waals surface area contributed by atoms with Gasteiger partial charge in [0.25, 0.3) is 0 Å². The van der Waals surface area contributed by atoms with Crippen LogP contribution in [0.25, 0.3) is 0 Å². The number of piperazine rings is 1.